The van der Waals surface area contributed by atoms with E-state index in [4.69, 9.17) is 14.7 Å². The predicted molar refractivity (Wildman–Crippen MR) is 153 cm³/mol. The topological polar surface area (TPSA) is 125 Å². The van der Waals surface area contributed by atoms with Gasteiger partial charge in [0.05, 0.1) is 18.4 Å². The van der Waals surface area contributed by atoms with Crippen LogP contribution in [0, 0.1) is 5.92 Å². The minimum atomic E-state index is -0.163. The van der Waals surface area contributed by atoms with Crippen LogP contribution in [0.1, 0.15) is 32.0 Å². The van der Waals surface area contributed by atoms with Gasteiger partial charge in [-0.05, 0) is 35.7 Å². The lowest BCUT2D eigenvalue weighted by atomic mass is 10.0. The van der Waals surface area contributed by atoms with Gasteiger partial charge in [0.25, 0.3) is 5.91 Å². The third-order valence-corrected chi connectivity index (χ3v) is 6.65. The average molecular weight is 540 g/mol. The van der Waals surface area contributed by atoms with Crippen LogP contribution in [0.5, 0.6) is 5.75 Å². The minimum Gasteiger partial charge on any atom is -0.484 e. The standard InChI is InChI=1S/C30H33N7O3/c1-19(2)14-31-28(39)18-40-25-6-4-5-22(13-25)29-35-27-11-12-37(20(3)38)17-26(27)30(36-29)34-24-9-7-21(8-10-24)23-15-32-33-16-23/h4-10,13,15-16,19H,11-12,14,17-18H2,1-3H3,(H,31,39)(H,32,33)(H,34,35,36). The summed E-state index contributed by atoms with van der Waals surface area (Å²) in [6, 6.07) is 15.4. The number of aromatic amines is 1. The lowest BCUT2D eigenvalue weighted by Crippen LogP contribution is -2.35. The summed E-state index contributed by atoms with van der Waals surface area (Å²) in [7, 11) is 0. The van der Waals surface area contributed by atoms with Crippen LogP contribution in [0.4, 0.5) is 11.5 Å². The van der Waals surface area contributed by atoms with Crippen molar-refractivity contribution in [2.45, 2.75) is 33.7 Å². The van der Waals surface area contributed by atoms with Gasteiger partial charge < -0.3 is 20.3 Å². The Labute approximate surface area is 233 Å². The second kappa shape index (κ2) is 12.0. The molecule has 4 aromatic rings. The van der Waals surface area contributed by atoms with Crippen LogP contribution in [0.25, 0.3) is 22.5 Å². The molecule has 2 aromatic carbocycles. The molecule has 3 heterocycles. The number of benzene rings is 2. The van der Waals surface area contributed by atoms with Crippen molar-refractivity contribution in [2.24, 2.45) is 5.92 Å². The van der Waals surface area contributed by atoms with E-state index in [1.165, 1.54) is 0 Å². The Bertz CT molecular complexity index is 1480. The number of rotatable bonds is 9. The Balaban J connectivity index is 1.41. The quantitative estimate of drug-likeness (QED) is 0.289. The van der Waals surface area contributed by atoms with Crippen LogP contribution in [0.2, 0.25) is 0 Å². The van der Waals surface area contributed by atoms with Crippen molar-refractivity contribution < 1.29 is 14.3 Å². The summed E-state index contributed by atoms with van der Waals surface area (Å²) in [6.45, 7) is 7.25. The molecular weight excluding hydrogens is 506 g/mol. The fourth-order valence-electron chi connectivity index (χ4n) is 4.45. The van der Waals surface area contributed by atoms with Gasteiger partial charge in [0, 0.05) is 55.0 Å². The summed E-state index contributed by atoms with van der Waals surface area (Å²) in [5, 5.41) is 13.2. The molecule has 0 aliphatic carbocycles. The molecule has 2 amide bonds. The van der Waals surface area contributed by atoms with Crippen molar-refractivity contribution in [2.75, 3.05) is 25.0 Å². The maximum atomic E-state index is 12.2. The van der Waals surface area contributed by atoms with Crippen LogP contribution in [-0.2, 0) is 22.6 Å². The molecule has 0 spiro atoms. The fourth-order valence-corrected chi connectivity index (χ4v) is 4.45. The van der Waals surface area contributed by atoms with Crippen LogP contribution in [-0.4, -0.2) is 56.6 Å². The molecule has 0 saturated carbocycles. The highest BCUT2D eigenvalue weighted by Crippen LogP contribution is 2.31. The second-order valence-corrected chi connectivity index (χ2v) is 10.2. The Morgan fingerprint density at radius 3 is 2.62 bits per heavy atom. The molecule has 1 aliphatic heterocycles. The molecule has 2 aromatic heterocycles. The summed E-state index contributed by atoms with van der Waals surface area (Å²) in [5.41, 5.74) is 5.49. The monoisotopic (exact) mass is 539 g/mol. The first-order valence-electron chi connectivity index (χ1n) is 13.4. The molecule has 0 bridgehead atoms. The Hall–Kier alpha value is -4.73. The number of carbonyl (C=O) groups is 2. The van der Waals surface area contributed by atoms with E-state index in [2.05, 4.69) is 20.8 Å². The molecule has 0 unspecified atom stereocenters. The molecule has 40 heavy (non-hydrogen) atoms. The molecule has 1 aliphatic rings. The molecule has 10 heteroatoms. The number of hydrogen-bond donors (Lipinski definition) is 3. The summed E-state index contributed by atoms with van der Waals surface area (Å²) >= 11 is 0. The van der Waals surface area contributed by atoms with Gasteiger partial charge >= 0.3 is 0 Å². The van der Waals surface area contributed by atoms with Gasteiger partial charge in [-0.25, -0.2) is 9.97 Å². The highest BCUT2D eigenvalue weighted by Gasteiger charge is 2.24. The normalized spacial score (nSPS) is 12.7. The number of nitrogens with one attached hydrogen (secondary N) is 3. The average Bonchev–Trinajstić information content (AvgIpc) is 3.50. The number of amides is 2. The Morgan fingerprint density at radius 2 is 1.90 bits per heavy atom. The van der Waals surface area contributed by atoms with Gasteiger partial charge in [0.1, 0.15) is 11.6 Å². The van der Waals surface area contributed by atoms with Crippen LogP contribution < -0.4 is 15.4 Å². The molecule has 0 saturated heterocycles. The van der Waals surface area contributed by atoms with Gasteiger partial charge in [-0.3, -0.25) is 14.7 Å². The van der Waals surface area contributed by atoms with E-state index < -0.39 is 0 Å². The van der Waals surface area contributed by atoms with E-state index >= 15 is 0 Å². The van der Waals surface area contributed by atoms with Gasteiger partial charge in [-0.15, -0.1) is 0 Å². The predicted octanol–water partition coefficient (Wildman–Crippen LogP) is 4.33. The second-order valence-electron chi connectivity index (χ2n) is 10.2. The molecule has 0 radical (unpaired) electrons. The van der Waals surface area contributed by atoms with Crippen molar-refractivity contribution >= 4 is 23.3 Å². The molecule has 0 atom stereocenters. The maximum Gasteiger partial charge on any atom is 0.257 e. The van der Waals surface area contributed by atoms with E-state index in [1.807, 2.05) is 68.6 Å². The van der Waals surface area contributed by atoms with Crippen molar-refractivity contribution in [1.29, 1.82) is 0 Å². The van der Waals surface area contributed by atoms with E-state index in [0.29, 0.717) is 49.4 Å². The number of ether oxygens (including phenoxy) is 1. The van der Waals surface area contributed by atoms with Crippen molar-refractivity contribution in [1.82, 2.24) is 30.4 Å². The summed E-state index contributed by atoms with van der Waals surface area (Å²) < 4.78 is 5.75. The zero-order valence-corrected chi connectivity index (χ0v) is 22.9. The SMILES string of the molecule is CC(=O)N1CCc2nc(-c3cccc(OCC(=O)NCC(C)C)c3)nc(Nc3ccc(-c4cn[nH]c4)cc3)c2C1. The van der Waals surface area contributed by atoms with Crippen molar-refractivity contribution in [3.05, 3.63) is 72.2 Å². The summed E-state index contributed by atoms with van der Waals surface area (Å²) in [5.74, 6) is 1.99. The zero-order chi connectivity index (χ0) is 28.1. The third-order valence-electron chi connectivity index (χ3n) is 6.65. The lowest BCUT2D eigenvalue weighted by Gasteiger charge is -2.29. The highest BCUT2D eigenvalue weighted by atomic mass is 16.5. The van der Waals surface area contributed by atoms with Crippen molar-refractivity contribution in [3.8, 4) is 28.3 Å². The number of hydrogen-bond acceptors (Lipinski definition) is 7. The number of anilines is 2. The maximum absolute atomic E-state index is 12.2. The summed E-state index contributed by atoms with van der Waals surface area (Å²) in [6.07, 6.45) is 4.26. The number of nitrogens with zero attached hydrogens (tertiary/aromatic N) is 4. The van der Waals surface area contributed by atoms with E-state index in [0.717, 1.165) is 33.6 Å². The molecule has 206 valence electrons. The number of H-pyrrole nitrogens is 1. The van der Waals surface area contributed by atoms with Crippen molar-refractivity contribution in [3.63, 3.8) is 0 Å². The zero-order valence-electron chi connectivity index (χ0n) is 22.9. The van der Waals surface area contributed by atoms with Crippen LogP contribution in [0.15, 0.2) is 60.9 Å². The van der Waals surface area contributed by atoms with Gasteiger partial charge in [-0.2, -0.15) is 5.10 Å². The molecule has 0 fully saturated rings. The van der Waals surface area contributed by atoms with E-state index in [1.54, 1.807) is 18.0 Å². The summed E-state index contributed by atoms with van der Waals surface area (Å²) in [4.78, 5) is 35.8. The Morgan fingerprint density at radius 1 is 1.07 bits per heavy atom. The fraction of sp³-hybridized carbons (Fsp3) is 0.300. The molecule has 5 rings (SSSR count). The van der Waals surface area contributed by atoms with E-state index in [-0.39, 0.29) is 18.4 Å². The third kappa shape index (κ3) is 6.45. The lowest BCUT2D eigenvalue weighted by molar-refractivity contribution is -0.129. The number of carbonyl (C=O) groups excluding carboxylic acids is 2. The largest absolute Gasteiger partial charge is 0.484 e. The van der Waals surface area contributed by atoms with Crippen LogP contribution in [0.3, 0.4) is 0 Å². The van der Waals surface area contributed by atoms with Crippen LogP contribution >= 0.6 is 0 Å². The van der Waals surface area contributed by atoms with E-state index in [9.17, 15) is 9.59 Å². The Kier molecular flexibility index (Phi) is 8.04. The first-order chi connectivity index (χ1) is 19.4. The number of aromatic nitrogens is 4. The van der Waals surface area contributed by atoms with Gasteiger partial charge in [0.15, 0.2) is 12.4 Å². The first-order valence-corrected chi connectivity index (χ1v) is 13.4. The first kappa shape index (κ1) is 26.9. The molecular formula is C30H33N7O3. The molecule has 10 nitrogen and oxygen atoms in total. The minimum absolute atomic E-state index is 0.0208. The highest BCUT2D eigenvalue weighted by molar-refractivity contribution is 5.77. The number of fused-ring (bicyclic) bond motifs is 1. The van der Waals surface area contributed by atoms with Gasteiger partial charge in [0.2, 0.25) is 5.91 Å². The molecule has 3 N–H and O–H groups in total. The van der Waals surface area contributed by atoms with Gasteiger partial charge in [-0.1, -0.05) is 38.1 Å². The smallest absolute Gasteiger partial charge is 0.257 e.